The Balaban J connectivity index is 2.24. The Morgan fingerprint density at radius 2 is 2.33 bits per heavy atom. The number of hydrogen-bond acceptors (Lipinski definition) is 2. The molecule has 0 radical (unpaired) electrons. The minimum atomic E-state index is -0.899. The highest BCUT2D eigenvalue weighted by Gasteiger charge is 2.13. The van der Waals surface area contributed by atoms with Gasteiger partial charge in [0, 0.05) is 6.04 Å². The largest absolute Gasteiger partial charge is 0.351 e. The summed E-state index contributed by atoms with van der Waals surface area (Å²) in [4.78, 5) is 10.7. The molecule has 0 aliphatic carbocycles. The van der Waals surface area contributed by atoms with E-state index in [1.165, 1.54) is 0 Å². The molecule has 1 fully saturated rings. The lowest BCUT2D eigenvalue weighted by Crippen LogP contribution is -2.36. The maximum atomic E-state index is 11.8. The minimum absolute atomic E-state index is 0.170. The van der Waals surface area contributed by atoms with Crippen molar-refractivity contribution in [2.45, 2.75) is 25.3 Å². The van der Waals surface area contributed by atoms with E-state index in [1.807, 2.05) is 0 Å². The molecular formula is C8H15FN2O. The van der Waals surface area contributed by atoms with Crippen LogP contribution in [0.25, 0.3) is 0 Å². The second-order valence-electron chi connectivity index (χ2n) is 3.08. The van der Waals surface area contributed by atoms with Crippen molar-refractivity contribution in [1.29, 1.82) is 0 Å². The van der Waals surface area contributed by atoms with Gasteiger partial charge in [-0.15, -0.1) is 0 Å². The summed E-state index contributed by atoms with van der Waals surface area (Å²) in [6.07, 6.45) is 2.92. The molecule has 1 amide bonds. The summed E-state index contributed by atoms with van der Waals surface area (Å²) in [6, 6.07) is 0.170. The van der Waals surface area contributed by atoms with Crippen molar-refractivity contribution in [1.82, 2.24) is 10.6 Å². The molecule has 4 heteroatoms. The summed E-state index contributed by atoms with van der Waals surface area (Å²) in [6.45, 7) is 1.02. The van der Waals surface area contributed by atoms with E-state index in [-0.39, 0.29) is 6.04 Å². The average molecular weight is 174 g/mol. The van der Waals surface area contributed by atoms with Crippen LogP contribution >= 0.6 is 0 Å². The van der Waals surface area contributed by atoms with Gasteiger partial charge in [0.1, 0.15) is 0 Å². The molecule has 1 atom stereocenters. The van der Waals surface area contributed by atoms with Crippen LogP contribution in [0.15, 0.2) is 0 Å². The van der Waals surface area contributed by atoms with Gasteiger partial charge in [0.25, 0.3) is 5.91 Å². The van der Waals surface area contributed by atoms with Crippen LogP contribution in [-0.4, -0.2) is 31.7 Å². The smallest absolute Gasteiger partial charge is 0.251 e. The van der Waals surface area contributed by atoms with Gasteiger partial charge in [-0.2, -0.15) is 0 Å². The van der Waals surface area contributed by atoms with E-state index in [0.717, 1.165) is 32.4 Å². The molecule has 0 aromatic carbocycles. The number of carbonyl (C=O) groups excluding carboxylic acids is 1. The van der Waals surface area contributed by atoms with Crippen molar-refractivity contribution in [3.05, 3.63) is 0 Å². The highest BCUT2D eigenvalue weighted by Crippen LogP contribution is 2.04. The molecule has 0 saturated carbocycles. The van der Waals surface area contributed by atoms with Crippen LogP contribution < -0.4 is 10.6 Å². The molecule has 0 bridgehead atoms. The number of hydrogen-bond donors (Lipinski definition) is 2. The van der Waals surface area contributed by atoms with Gasteiger partial charge in [0.2, 0.25) is 0 Å². The van der Waals surface area contributed by atoms with Gasteiger partial charge >= 0.3 is 0 Å². The quantitative estimate of drug-likeness (QED) is 0.628. The molecule has 1 aliphatic heterocycles. The normalized spacial score (nSPS) is 24.6. The van der Waals surface area contributed by atoms with Gasteiger partial charge in [0.05, 0.1) is 0 Å². The van der Waals surface area contributed by atoms with Crippen LogP contribution in [0.1, 0.15) is 19.3 Å². The van der Waals surface area contributed by atoms with Gasteiger partial charge in [-0.05, 0) is 32.4 Å². The number of alkyl halides is 1. The molecule has 2 N–H and O–H groups in total. The van der Waals surface area contributed by atoms with E-state index in [2.05, 4.69) is 10.6 Å². The Labute approximate surface area is 71.7 Å². The summed E-state index contributed by atoms with van der Waals surface area (Å²) in [5.41, 5.74) is 0. The Morgan fingerprint density at radius 1 is 1.50 bits per heavy atom. The summed E-state index contributed by atoms with van der Waals surface area (Å²) in [7, 11) is 0. The second-order valence-corrected chi connectivity index (χ2v) is 3.08. The zero-order valence-corrected chi connectivity index (χ0v) is 7.11. The molecule has 70 valence electrons. The number of halogens is 1. The Kier molecular flexibility index (Phi) is 4.00. The van der Waals surface area contributed by atoms with E-state index in [1.54, 1.807) is 0 Å². The third-order valence-electron chi connectivity index (χ3n) is 2.06. The molecular weight excluding hydrogens is 159 g/mol. The van der Waals surface area contributed by atoms with Gasteiger partial charge in [-0.1, -0.05) is 0 Å². The Morgan fingerprint density at radius 3 is 3.08 bits per heavy atom. The topological polar surface area (TPSA) is 41.1 Å². The maximum absolute atomic E-state index is 11.8. The average Bonchev–Trinajstić information content (AvgIpc) is 2.33. The van der Waals surface area contributed by atoms with E-state index < -0.39 is 12.6 Å². The van der Waals surface area contributed by atoms with E-state index >= 15 is 0 Å². The van der Waals surface area contributed by atoms with Crippen molar-refractivity contribution >= 4 is 5.91 Å². The predicted molar refractivity (Wildman–Crippen MR) is 44.6 cm³/mol. The lowest BCUT2D eigenvalue weighted by atomic mass is 10.1. The SMILES string of the molecule is O=C(CF)N[C@H]1CCCNCC1. The number of carbonyl (C=O) groups is 1. The molecule has 1 aliphatic rings. The van der Waals surface area contributed by atoms with Crippen LogP contribution in [-0.2, 0) is 4.79 Å². The van der Waals surface area contributed by atoms with E-state index in [0.29, 0.717) is 0 Å². The summed E-state index contributed by atoms with van der Waals surface area (Å²) < 4.78 is 11.8. The molecule has 1 saturated heterocycles. The van der Waals surface area contributed by atoms with Crippen LogP contribution in [0, 0.1) is 0 Å². The number of nitrogens with one attached hydrogen (secondary N) is 2. The second kappa shape index (κ2) is 5.09. The van der Waals surface area contributed by atoms with Crippen LogP contribution in [0.3, 0.4) is 0 Å². The molecule has 0 spiro atoms. The summed E-state index contributed by atoms with van der Waals surface area (Å²) >= 11 is 0. The Hall–Kier alpha value is -0.640. The monoisotopic (exact) mass is 174 g/mol. The van der Waals surface area contributed by atoms with Gasteiger partial charge in [-0.3, -0.25) is 4.79 Å². The van der Waals surface area contributed by atoms with Crippen molar-refractivity contribution in [2.24, 2.45) is 0 Å². The third-order valence-corrected chi connectivity index (χ3v) is 2.06. The Bertz CT molecular complexity index is 144. The van der Waals surface area contributed by atoms with Crippen LogP contribution in [0.2, 0.25) is 0 Å². The first-order valence-electron chi connectivity index (χ1n) is 4.39. The maximum Gasteiger partial charge on any atom is 0.251 e. The standard InChI is InChI=1S/C8H15FN2O/c9-6-8(12)11-7-2-1-4-10-5-3-7/h7,10H,1-6H2,(H,11,12)/t7-/m0/s1. The molecule has 0 aromatic heterocycles. The first-order valence-corrected chi connectivity index (χ1v) is 4.39. The van der Waals surface area contributed by atoms with E-state index in [9.17, 15) is 9.18 Å². The van der Waals surface area contributed by atoms with Crippen molar-refractivity contribution in [3.8, 4) is 0 Å². The summed E-state index contributed by atoms with van der Waals surface area (Å²) in [5.74, 6) is -0.484. The molecule has 1 heterocycles. The zero-order chi connectivity index (χ0) is 8.81. The fourth-order valence-corrected chi connectivity index (χ4v) is 1.43. The van der Waals surface area contributed by atoms with Crippen molar-refractivity contribution < 1.29 is 9.18 Å². The molecule has 3 nitrogen and oxygen atoms in total. The lowest BCUT2D eigenvalue weighted by molar-refractivity contribution is -0.122. The molecule has 0 aromatic rings. The number of rotatable bonds is 2. The molecule has 1 rings (SSSR count). The first-order chi connectivity index (χ1) is 5.83. The van der Waals surface area contributed by atoms with Crippen molar-refractivity contribution in [3.63, 3.8) is 0 Å². The van der Waals surface area contributed by atoms with E-state index in [4.69, 9.17) is 0 Å². The fraction of sp³-hybridized carbons (Fsp3) is 0.875. The minimum Gasteiger partial charge on any atom is -0.351 e. The van der Waals surface area contributed by atoms with Crippen LogP contribution in [0.5, 0.6) is 0 Å². The predicted octanol–water partition coefficient (Wildman–Crippen LogP) is 0.214. The molecule has 12 heavy (non-hydrogen) atoms. The highest BCUT2D eigenvalue weighted by molar-refractivity contribution is 5.77. The zero-order valence-electron chi connectivity index (χ0n) is 7.11. The van der Waals surface area contributed by atoms with Gasteiger partial charge < -0.3 is 10.6 Å². The fourth-order valence-electron chi connectivity index (χ4n) is 1.43. The molecule has 0 unspecified atom stereocenters. The third kappa shape index (κ3) is 3.17. The lowest BCUT2D eigenvalue weighted by Gasteiger charge is -2.14. The number of amides is 1. The first kappa shape index (κ1) is 9.45. The summed E-state index contributed by atoms with van der Waals surface area (Å²) in [5, 5.41) is 5.88. The van der Waals surface area contributed by atoms with Gasteiger partial charge in [0.15, 0.2) is 6.67 Å². The van der Waals surface area contributed by atoms with Crippen molar-refractivity contribution in [2.75, 3.05) is 19.8 Å². The highest BCUT2D eigenvalue weighted by atomic mass is 19.1. The van der Waals surface area contributed by atoms with Gasteiger partial charge in [-0.25, -0.2) is 4.39 Å². The van der Waals surface area contributed by atoms with Crippen LogP contribution in [0.4, 0.5) is 4.39 Å².